The third kappa shape index (κ3) is 3.78. The van der Waals surface area contributed by atoms with Gasteiger partial charge in [-0.1, -0.05) is 23.7 Å². The number of hydrogen-bond acceptors (Lipinski definition) is 7. The van der Waals surface area contributed by atoms with Crippen LogP contribution in [0.15, 0.2) is 61.1 Å². The summed E-state index contributed by atoms with van der Waals surface area (Å²) in [6.07, 6.45) is 2.99. The summed E-state index contributed by atoms with van der Waals surface area (Å²) in [6.45, 7) is 0.256. The minimum Gasteiger partial charge on any atom is -0.486 e. The molecular weight excluding hydrogens is 394 g/mol. The van der Waals surface area contributed by atoms with Gasteiger partial charge in [0.05, 0.1) is 26.7 Å². The Balaban J connectivity index is 1.71. The number of halogens is 1. The number of hydrogen-bond donors (Lipinski definition) is 1. The molecule has 0 bridgehead atoms. The van der Waals surface area contributed by atoms with Crippen molar-refractivity contribution in [1.82, 2.24) is 15.0 Å². The van der Waals surface area contributed by atoms with Crippen molar-refractivity contribution in [1.29, 1.82) is 0 Å². The molecule has 9 heteroatoms. The van der Waals surface area contributed by atoms with Crippen LogP contribution in [0.3, 0.4) is 0 Å². The fourth-order valence-corrected chi connectivity index (χ4v) is 3.15. The standard InChI is InChI=1S/C20H14ClN5O3/c21-16-7-12(4-5-19(16)29-10-13-3-1-2-6-23-13)14-8-17-15(9-18(14)26(27)28)20(22)25-11-24-17/h1-9,11H,10H2,(H2,22,24,25). The number of nitro benzene ring substituents is 1. The van der Waals surface area contributed by atoms with E-state index in [1.807, 2.05) is 18.2 Å². The smallest absolute Gasteiger partial charge is 0.278 e. The van der Waals surface area contributed by atoms with E-state index in [1.165, 1.54) is 12.4 Å². The Kier molecular flexibility index (Phi) is 4.92. The molecule has 0 unspecified atom stereocenters. The van der Waals surface area contributed by atoms with E-state index in [0.717, 1.165) is 5.69 Å². The van der Waals surface area contributed by atoms with Crippen molar-refractivity contribution in [2.45, 2.75) is 6.61 Å². The Morgan fingerprint density at radius 1 is 1.10 bits per heavy atom. The first kappa shape index (κ1) is 18.6. The molecule has 2 N–H and O–H groups in total. The van der Waals surface area contributed by atoms with Crippen LogP contribution < -0.4 is 10.5 Å². The normalized spacial score (nSPS) is 10.8. The molecule has 2 aromatic heterocycles. The number of nitro groups is 1. The van der Waals surface area contributed by atoms with E-state index in [2.05, 4.69) is 15.0 Å². The molecule has 144 valence electrons. The largest absolute Gasteiger partial charge is 0.486 e. The van der Waals surface area contributed by atoms with Gasteiger partial charge >= 0.3 is 0 Å². The average molecular weight is 408 g/mol. The maximum Gasteiger partial charge on any atom is 0.278 e. The van der Waals surface area contributed by atoms with Crippen molar-refractivity contribution >= 4 is 34.0 Å². The number of rotatable bonds is 5. The summed E-state index contributed by atoms with van der Waals surface area (Å²) in [5.74, 6) is 0.636. The minimum absolute atomic E-state index is 0.114. The molecule has 0 spiro atoms. The molecule has 4 aromatic rings. The van der Waals surface area contributed by atoms with Crippen molar-refractivity contribution in [3.63, 3.8) is 0 Å². The Labute approximate surface area is 170 Å². The van der Waals surface area contributed by atoms with Gasteiger partial charge in [-0.3, -0.25) is 15.1 Å². The van der Waals surface area contributed by atoms with Gasteiger partial charge in [-0.2, -0.15) is 0 Å². The van der Waals surface area contributed by atoms with Crippen molar-refractivity contribution in [3.8, 4) is 16.9 Å². The molecule has 0 aliphatic carbocycles. The molecule has 2 heterocycles. The zero-order chi connectivity index (χ0) is 20.4. The molecule has 0 aliphatic heterocycles. The van der Waals surface area contributed by atoms with E-state index >= 15 is 0 Å². The van der Waals surface area contributed by atoms with Crippen molar-refractivity contribution in [2.24, 2.45) is 0 Å². The second-order valence-corrected chi connectivity index (χ2v) is 6.56. The van der Waals surface area contributed by atoms with Crippen LogP contribution in [-0.2, 0) is 6.61 Å². The highest BCUT2D eigenvalue weighted by molar-refractivity contribution is 6.32. The molecule has 0 saturated carbocycles. The predicted molar refractivity (Wildman–Crippen MR) is 110 cm³/mol. The topological polar surface area (TPSA) is 117 Å². The van der Waals surface area contributed by atoms with Gasteiger partial charge in [-0.05, 0) is 35.9 Å². The lowest BCUT2D eigenvalue weighted by molar-refractivity contribution is -0.384. The molecule has 0 fully saturated rings. The number of ether oxygens (including phenoxy) is 1. The van der Waals surface area contributed by atoms with Gasteiger partial charge in [0.2, 0.25) is 0 Å². The molecule has 8 nitrogen and oxygen atoms in total. The van der Waals surface area contributed by atoms with E-state index in [4.69, 9.17) is 22.1 Å². The van der Waals surface area contributed by atoms with Crippen LogP contribution >= 0.6 is 11.6 Å². The summed E-state index contributed by atoms with van der Waals surface area (Å²) in [7, 11) is 0. The van der Waals surface area contributed by atoms with Crippen molar-refractivity contribution < 1.29 is 9.66 Å². The quantitative estimate of drug-likeness (QED) is 0.384. The van der Waals surface area contributed by atoms with Crippen LogP contribution in [0, 0.1) is 10.1 Å². The molecule has 0 saturated heterocycles. The monoisotopic (exact) mass is 407 g/mol. The fourth-order valence-electron chi connectivity index (χ4n) is 2.91. The number of pyridine rings is 1. The number of anilines is 1. The average Bonchev–Trinajstić information content (AvgIpc) is 2.73. The number of nitrogens with two attached hydrogens (primary N) is 1. The molecule has 0 amide bonds. The summed E-state index contributed by atoms with van der Waals surface area (Å²) < 4.78 is 5.71. The van der Waals surface area contributed by atoms with E-state index in [1.54, 1.807) is 30.5 Å². The van der Waals surface area contributed by atoms with E-state index < -0.39 is 4.92 Å². The third-order valence-corrected chi connectivity index (χ3v) is 4.62. The van der Waals surface area contributed by atoms with Gasteiger partial charge in [-0.15, -0.1) is 0 Å². The predicted octanol–water partition coefficient (Wildman–Crippen LogP) is 4.41. The van der Waals surface area contributed by atoms with E-state index in [9.17, 15) is 10.1 Å². The number of nitrogen functional groups attached to an aromatic ring is 1. The first-order valence-corrected chi connectivity index (χ1v) is 8.92. The van der Waals surface area contributed by atoms with Crippen LogP contribution in [0.1, 0.15) is 5.69 Å². The maximum atomic E-state index is 11.6. The molecule has 0 radical (unpaired) electrons. The zero-order valence-corrected chi connectivity index (χ0v) is 15.7. The van der Waals surface area contributed by atoms with Gasteiger partial charge in [0.1, 0.15) is 24.5 Å². The number of fused-ring (bicyclic) bond motifs is 1. The Bertz CT molecular complexity index is 1220. The summed E-state index contributed by atoms with van der Waals surface area (Å²) in [5.41, 5.74) is 7.91. The van der Waals surface area contributed by atoms with Gasteiger partial charge in [-0.25, -0.2) is 9.97 Å². The third-order valence-electron chi connectivity index (χ3n) is 4.32. The summed E-state index contributed by atoms with van der Waals surface area (Å²) >= 11 is 6.36. The van der Waals surface area contributed by atoms with Crippen LogP contribution in [0.2, 0.25) is 5.02 Å². The highest BCUT2D eigenvalue weighted by Gasteiger charge is 2.19. The van der Waals surface area contributed by atoms with E-state index in [0.29, 0.717) is 32.8 Å². The Morgan fingerprint density at radius 3 is 2.69 bits per heavy atom. The lowest BCUT2D eigenvalue weighted by Crippen LogP contribution is -1.99. The van der Waals surface area contributed by atoms with Crippen LogP contribution in [0.25, 0.3) is 22.0 Å². The number of aromatic nitrogens is 3. The second-order valence-electron chi connectivity index (χ2n) is 6.16. The summed E-state index contributed by atoms with van der Waals surface area (Å²) in [6, 6.07) is 13.5. The van der Waals surface area contributed by atoms with Gasteiger partial charge in [0.15, 0.2) is 0 Å². The van der Waals surface area contributed by atoms with Crippen molar-refractivity contribution in [3.05, 3.63) is 81.9 Å². The van der Waals surface area contributed by atoms with Crippen LogP contribution in [0.4, 0.5) is 11.5 Å². The minimum atomic E-state index is -0.472. The fraction of sp³-hybridized carbons (Fsp3) is 0.0500. The molecule has 0 aliphatic rings. The Hall–Kier alpha value is -3.78. The Morgan fingerprint density at radius 2 is 1.97 bits per heavy atom. The molecule has 0 atom stereocenters. The zero-order valence-electron chi connectivity index (χ0n) is 14.9. The first-order valence-electron chi connectivity index (χ1n) is 8.54. The van der Waals surface area contributed by atoms with Gasteiger partial charge < -0.3 is 10.5 Å². The van der Waals surface area contributed by atoms with Crippen molar-refractivity contribution in [2.75, 3.05) is 5.73 Å². The molecular formula is C20H14ClN5O3. The molecule has 29 heavy (non-hydrogen) atoms. The summed E-state index contributed by atoms with van der Waals surface area (Å²) in [5, 5.41) is 12.4. The van der Waals surface area contributed by atoms with Gasteiger partial charge in [0.25, 0.3) is 5.69 Å². The first-order chi connectivity index (χ1) is 14.0. The van der Waals surface area contributed by atoms with Gasteiger partial charge in [0, 0.05) is 17.6 Å². The lowest BCUT2D eigenvalue weighted by Gasteiger charge is -2.10. The van der Waals surface area contributed by atoms with E-state index in [-0.39, 0.29) is 18.1 Å². The SMILES string of the molecule is Nc1ncnc2cc(-c3ccc(OCc4ccccn4)c(Cl)c3)c([N+](=O)[O-])cc12. The highest BCUT2D eigenvalue weighted by atomic mass is 35.5. The summed E-state index contributed by atoms with van der Waals surface area (Å²) in [4.78, 5) is 23.4. The molecule has 4 rings (SSSR count). The maximum absolute atomic E-state index is 11.6. The lowest BCUT2D eigenvalue weighted by atomic mass is 10.0. The second kappa shape index (κ2) is 7.69. The number of benzene rings is 2. The van der Waals surface area contributed by atoms with Crippen LogP contribution in [-0.4, -0.2) is 19.9 Å². The molecule has 2 aromatic carbocycles. The highest BCUT2D eigenvalue weighted by Crippen LogP contribution is 2.37. The van der Waals surface area contributed by atoms with Crippen LogP contribution in [0.5, 0.6) is 5.75 Å². The number of nitrogens with zero attached hydrogens (tertiary/aromatic N) is 4.